The molecule has 2 aromatic rings. The maximum Gasteiger partial charge on any atom is 0.408 e. The number of carbonyl (C=O) groups excluding carboxylic acids is 2. The van der Waals surface area contributed by atoms with Crippen molar-refractivity contribution in [2.24, 2.45) is 0 Å². The molecule has 158 valence electrons. The van der Waals surface area contributed by atoms with E-state index in [-0.39, 0.29) is 25.2 Å². The third-order valence-corrected chi connectivity index (χ3v) is 5.64. The number of carbonyl (C=O) groups is 2. The van der Waals surface area contributed by atoms with Crippen LogP contribution >= 0.6 is 11.6 Å². The lowest BCUT2D eigenvalue weighted by Crippen LogP contribution is -2.60. The Morgan fingerprint density at radius 3 is 2.73 bits per heavy atom. The van der Waals surface area contributed by atoms with E-state index in [4.69, 9.17) is 25.8 Å². The first-order chi connectivity index (χ1) is 14.6. The minimum absolute atomic E-state index is 0.0882. The van der Waals surface area contributed by atoms with Crippen molar-refractivity contribution in [3.8, 4) is 5.75 Å². The molecule has 4 rings (SSSR count). The second kappa shape index (κ2) is 8.93. The standard InChI is InChI=1S/C22H23ClN2O5/c23-17-8-4-7-16-18(9-11-29-19(16)17)24-20(26)22(10-12-28-14-22)25-21(27)30-13-15-5-2-1-3-6-15/h1-8,18H,9-14H2,(H,24,26)(H,25,27). The molecule has 0 saturated carbocycles. The first-order valence-corrected chi connectivity index (χ1v) is 10.2. The first-order valence-electron chi connectivity index (χ1n) is 9.86. The van der Waals surface area contributed by atoms with Crippen molar-refractivity contribution in [2.75, 3.05) is 19.8 Å². The number of benzene rings is 2. The first kappa shape index (κ1) is 20.5. The van der Waals surface area contributed by atoms with Gasteiger partial charge in [-0.3, -0.25) is 4.79 Å². The maximum absolute atomic E-state index is 13.2. The Balaban J connectivity index is 1.43. The van der Waals surface area contributed by atoms with E-state index in [0.29, 0.717) is 36.8 Å². The Morgan fingerprint density at radius 1 is 1.13 bits per heavy atom. The molecule has 8 heteroatoms. The van der Waals surface area contributed by atoms with Crippen LogP contribution in [0, 0.1) is 0 Å². The van der Waals surface area contributed by atoms with E-state index < -0.39 is 11.6 Å². The zero-order valence-corrected chi connectivity index (χ0v) is 17.1. The molecule has 2 N–H and O–H groups in total. The van der Waals surface area contributed by atoms with E-state index in [1.165, 1.54) is 0 Å². The summed E-state index contributed by atoms with van der Waals surface area (Å²) in [6, 6.07) is 14.5. The summed E-state index contributed by atoms with van der Waals surface area (Å²) >= 11 is 6.22. The van der Waals surface area contributed by atoms with Crippen LogP contribution in [0.1, 0.15) is 30.0 Å². The van der Waals surface area contributed by atoms with Gasteiger partial charge in [0.05, 0.1) is 24.3 Å². The summed E-state index contributed by atoms with van der Waals surface area (Å²) in [7, 11) is 0. The van der Waals surface area contributed by atoms with Crippen molar-refractivity contribution in [3.05, 3.63) is 64.7 Å². The SMILES string of the molecule is O=C(NC1(C(=O)NC2CCOc3c(Cl)cccc32)CCOC1)OCc1ccccc1. The summed E-state index contributed by atoms with van der Waals surface area (Å²) in [5.74, 6) is 0.275. The van der Waals surface area contributed by atoms with Crippen molar-refractivity contribution in [1.29, 1.82) is 0 Å². The van der Waals surface area contributed by atoms with E-state index in [2.05, 4.69) is 10.6 Å². The van der Waals surface area contributed by atoms with Gasteiger partial charge in [0.2, 0.25) is 5.91 Å². The summed E-state index contributed by atoms with van der Waals surface area (Å²) in [6.07, 6.45) is 0.314. The molecule has 0 aliphatic carbocycles. The van der Waals surface area contributed by atoms with Crippen LogP contribution in [0.2, 0.25) is 5.02 Å². The highest BCUT2D eigenvalue weighted by Crippen LogP contribution is 2.37. The number of para-hydroxylation sites is 1. The zero-order valence-electron chi connectivity index (χ0n) is 16.4. The third-order valence-electron chi connectivity index (χ3n) is 5.34. The molecule has 2 aliphatic heterocycles. The number of hydrogen-bond acceptors (Lipinski definition) is 5. The average molecular weight is 431 g/mol. The topological polar surface area (TPSA) is 85.9 Å². The highest BCUT2D eigenvalue weighted by atomic mass is 35.5. The number of amides is 2. The molecule has 0 spiro atoms. The summed E-state index contributed by atoms with van der Waals surface area (Å²) in [5, 5.41) is 6.28. The molecular weight excluding hydrogens is 408 g/mol. The Labute approximate surface area is 179 Å². The molecule has 0 bridgehead atoms. The second-order valence-electron chi connectivity index (χ2n) is 7.39. The Morgan fingerprint density at radius 2 is 1.97 bits per heavy atom. The van der Waals surface area contributed by atoms with Crippen molar-refractivity contribution in [2.45, 2.75) is 31.0 Å². The fraction of sp³-hybridized carbons (Fsp3) is 0.364. The summed E-state index contributed by atoms with van der Waals surface area (Å²) < 4.78 is 16.4. The van der Waals surface area contributed by atoms with E-state index in [9.17, 15) is 9.59 Å². The van der Waals surface area contributed by atoms with Gasteiger partial charge in [-0.05, 0) is 11.6 Å². The Hall–Kier alpha value is -2.77. The van der Waals surface area contributed by atoms with Crippen molar-refractivity contribution < 1.29 is 23.8 Å². The molecule has 2 heterocycles. The van der Waals surface area contributed by atoms with Crippen LogP contribution < -0.4 is 15.4 Å². The number of fused-ring (bicyclic) bond motifs is 1. The number of hydrogen-bond donors (Lipinski definition) is 2. The number of halogens is 1. The van der Waals surface area contributed by atoms with Gasteiger partial charge in [-0.25, -0.2) is 4.79 Å². The minimum atomic E-state index is -1.18. The summed E-state index contributed by atoms with van der Waals surface area (Å²) in [6.45, 7) is 1.03. The van der Waals surface area contributed by atoms with Gasteiger partial charge in [-0.15, -0.1) is 0 Å². The lowest BCUT2D eigenvalue weighted by Gasteiger charge is -2.32. The molecule has 2 aliphatic rings. The molecule has 1 saturated heterocycles. The Bertz CT molecular complexity index is 915. The molecule has 2 atom stereocenters. The quantitative estimate of drug-likeness (QED) is 0.759. The van der Waals surface area contributed by atoms with Gasteiger partial charge in [0, 0.05) is 25.0 Å². The van der Waals surface area contributed by atoms with E-state index in [1.54, 1.807) is 6.07 Å². The number of ether oxygens (including phenoxy) is 3. The highest BCUT2D eigenvalue weighted by molar-refractivity contribution is 6.32. The van der Waals surface area contributed by atoms with Crippen LogP contribution in [0.3, 0.4) is 0 Å². The number of alkyl carbamates (subject to hydrolysis) is 1. The lowest BCUT2D eigenvalue weighted by molar-refractivity contribution is -0.128. The molecular formula is C22H23ClN2O5. The van der Waals surface area contributed by atoms with Gasteiger partial charge in [0.25, 0.3) is 0 Å². The van der Waals surface area contributed by atoms with E-state index >= 15 is 0 Å². The molecule has 2 amide bonds. The average Bonchev–Trinajstić information content (AvgIpc) is 3.23. The Kier molecular flexibility index (Phi) is 6.11. The highest BCUT2D eigenvalue weighted by Gasteiger charge is 2.45. The molecule has 0 radical (unpaired) electrons. The van der Waals surface area contributed by atoms with Crippen LogP contribution in [0.4, 0.5) is 4.79 Å². The van der Waals surface area contributed by atoms with E-state index in [1.807, 2.05) is 42.5 Å². The molecule has 1 fully saturated rings. The van der Waals surface area contributed by atoms with Crippen molar-refractivity contribution >= 4 is 23.6 Å². The number of nitrogens with one attached hydrogen (secondary N) is 2. The van der Waals surface area contributed by atoms with E-state index in [0.717, 1.165) is 11.1 Å². The largest absolute Gasteiger partial charge is 0.492 e. The van der Waals surface area contributed by atoms with Gasteiger partial charge in [-0.1, -0.05) is 54.1 Å². The predicted molar refractivity (Wildman–Crippen MR) is 110 cm³/mol. The summed E-state index contributed by atoms with van der Waals surface area (Å²) in [5.41, 5.74) is 0.512. The molecule has 7 nitrogen and oxygen atoms in total. The van der Waals surface area contributed by atoms with Crippen LogP contribution in [0.15, 0.2) is 48.5 Å². The molecule has 0 aromatic heterocycles. The van der Waals surface area contributed by atoms with Crippen LogP contribution in [-0.4, -0.2) is 37.4 Å². The van der Waals surface area contributed by atoms with Gasteiger partial charge in [0.1, 0.15) is 17.9 Å². The van der Waals surface area contributed by atoms with Gasteiger partial charge >= 0.3 is 6.09 Å². The van der Waals surface area contributed by atoms with Crippen molar-refractivity contribution in [3.63, 3.8) is 0 Å². The molecule has 2 unspecified atom stereocenters. The fourth-order valence-electron chi connectivity index (χ4n) is 3.69. The normalized spacial score (nSPS) is 22.5. The van der Waals surface area contributed by atoms with Crippen LogP contribution in [0.25, 0.3) is 0 Å². The third kappa shape index (κ3) is 4.37. The molecule has 2 aromatic carbocycles. The monoisotopic (exact) mass is 430 g/mol. The zero-order chi connectivity index (χ0) is 21.0. The minimum Gasteiger partial charge on any atom is -0.492 e. The van der Waals surface area contributed by atoms with Gasteiger partial charge in [-0.2, -0.15) is 0 Å². The van der Waals surface area contributed by atoms with Gasteiger partial charge < -0.3 is 24.8 Å². The van der Waals surface area contributed by atoms with Crippen LogP contribution in [0.5, 0.6) is 5.75 Å². The molecule has 30 heavy (non-hydrogen) atoms. The number of rotatable bonds is 5. The van der Waals surface area contributed by atoms with Crippen molar-refractivity contribution in [1.82, 2.24) is 10.6 Å². The smallest absolute Gasteiger partial charge is 0.408 e. The second-order valence-corrected chi connectivity index (χ2v) is 7.80. The predicted octanol–water partition coefficient (Wildman–Crippen LogP) is 3.37. The van der Waals surface area contributed by atoms with Crippen LogP contribution in [-0.2, 0) is 20.9 Å². The van der Waals surface area contributed by atoms with Gasteiger partial charge in [0.15, 0.2) is 0 Å². The summed E-state index contributed by atoms with van der Waals surface area (Å²) in [4.78, 5) is 25.6. The lowest BCUT2D eigenvalue weighted by atomic mass is 9.94. The fourth-order valence-corrected chi connectivity index (χ4v) is 3.92. The maximum atomic E-state index is 13.2.